The molecule has 2 N–H and O–H groups in total. The van der Waals surface area contributed by atoms with Gasteiger partial charge in [0.1, 0.15) is 0 Å². The summed E-state index contributed by atoms with van der Waals surface area (Å²) in [7, 11) is 0. The van der Waals surface area contributed by atoms with Crippen molar-refractivity contribution in [3.8, 4) is 0 Å². The van der Waals surface area contributed by atoms with Crippen molar-refractivity contribution in [3.05, 3.63) is 35.9 Å². The van der Waals surface area contributed by atoms with Crippen molar-refractivity contribution >= 4 is 11.9 Å². The molecule has 112 valence electrons. The lowest BCUT2D eigenvalue weighted by atomic mass is 9.78. The number of carbonyl (C=O) groups excluding carboxylic acids is 1. The fourth-order valence-electron chi connectivity index (χ4n) is 3.42. The Morgan fingerprint density at radius 2 is 1.81 bits per heavy atom. The molecule has 4 atom stereocenters. The Kier molecular flexibility index (Phi) is 3.92. The van der Waals surface area contributed by atoms with Crippen LogP contribution in [0.3, 0.4) is 0 Å². The fourth-order valence-corrected chi connectivity index (χ4v) is 3.42. The van der Waals surface area contributed by atoms with Gasteiger partial charge in [-0.15, -0.1) is 0 Å². The number of carboxylic acids is 1. The van der Waals surface area contributed by atoms with E-state index >= 15 is 0 Å². The third kappa shape index (κ3) is 2.78. The first-order chi connectivity index (χ1) is 10.2. The Morgan fingerprint density at radius 3 is 2.48 bits per heavy atom. The highest BCUT2D eigenvalue weighted by atomic mass is 16.5. The van der Waals surface area contributed by atoms with Crippen LogP contribution >= 0.6 is 0 Å². The Bertz CT molecular complexity index is 530. The van der Waals surface area contributed by atoms with Crippen LogP contribution in [0.1, 0.15) is 18.4 Å². The molecule has 2 bridgehead atoms. The Morgan fingerprint density at radius 1 is 1.14 bits per heavy atom. The first-order valence-corrected chi connectivity index (χ1v) is 7.36. The maximum Gasteiger partial charge on any atom is 0.310 e. The van der Waals surface area contributed by atoms with E-state index in [9.17, 15) is 14.7 Å². The zero-order valence-corrected chi connectivity index (χ0v) is 11.7. The Hall–Kier alpha value is -1.88. The molecular weight excluding hydrogens is 270 g/mol. The molecule has 1 aromatic rings. The minimum absolute atomic E-state index is 0.189. The summed E-state index contributed by atoms with van der Waals surface area (Å²) >= 11 is 0. The first-order valence-electron chi connectivity index (χ1n) is 7.36. The molecule has 0 unspecified atom stereocenters. The van der Waals surface area contributed by atoms with E-state index in [4.69, 9.17) is 4.74 Å². The summed E-state index contributed by atoms with van der Waals surface area (Å²) < 4.78 is 5.60. The van der Waals surface area contributed by atoms with Crippen molar-refractivity contribution in [2.24, 2.45) is 11.8 Å². The predicted molar refractivity (Wildman–Crippen MR) is 75.7 cm³/mol. The predicted octanol–water partition coefficient (Wildman–Crippen LogP) is 1.22. The quantitative estimate of drug-likeness (QED) is 0.854. The van der Waals surface area contributed by atoms with Crippen LogP contribution in [0.5, 0.6) is 0 Å². The van der Waals surface area contributed by atoms with Crippen molar-refractivity contribution in [2.75, 3.05) is 6.54 Å². The van der Waals surface area contributed by atoms with Crippen LogP contribution in [0.2, 0.25) is 0 Å². The van der Waals surface area contributed by atoms with Gasteiger partial charge in [0, 0.05) is 6.54 Å². The third-order valence-corrected chi connectivity index (χ3v) is 4.42. The van der Waals surface area contributed by atoms with Gasteiger partial charge in [-0.2, -0.15) is 0 Å². The summed E-state index contributed by atoms with van der Waals surface area (Å²) in [4.78, 5) is 23.6. The highest BCUT2D eigenvalue weighted by molar-refractivity contribution is 5.86. The van der Waals surface area contributed by atoms with E-state index < -0.39 is 17.8 Å². The molecule has 2 aliphatic heterocycles. The second kappa shape index (κ2) is 5.85. The van der Waals surface area contributed by atoms with Crippen molar-refractivity contribution < 1.29 is 19.4 Å². The highest BCUT2D eigenvalue weighted by Gasteiger charge is 2.55. The molecule has 21 heavy (non-hydrogen) atoms. The van der Waals surface area contributed by atoms with Crippen LogP contribution in [0.25, 0.3) is 0 Å². The number of aliphatic carboxylic acids is 1. The summed E-state index contributed by atoms with van der Waals surface area (Å²) in [5.41, 5.74) is 1.15. The fraction of sp³-hybridized carbons (Fsp3) is 0.500. The van der Waals surface area contributed by atoms with Crippen molar-refractivity contribution in [1.82, 2.24) is 5.32 Å². The highest BCUT2D eigenvalue weighted by Crippen LogP contribution is 2.43. The summed E-state index contributed by atoms with van der Waals surface area (Å²) in [6.07, 6.45) is 1.75. The van der Waals surface area contributed by atoms with E-state index in [0.717, 1.165) is 24.8 Å². The minimum atomic E-state index is -0.926. The van der Waals surface area contributed by atoms with E-state index in [1.165, 1.54) is 0 Å². The molecular formula is C16H19NO4. The SMILES string of the molecule is O=C(O)[C@@H]1[C@@H](C(=O)NCCc2ccccc2)[C@@H]2CC[C@@H]1O2. The monoisotopic (exact) mass is 289 g/mol. The van der Waals surface area contributed by atoms with Crippen LogP contribution < -0.4 is 5.32 Å². The smallest absolute Gasteiger partial charge is 0.310 e. The lowest BCUT2D eigenvalue weighted by molar-refractivity contribution is -0.147. The molecule has 0 aliphatic carbocycles. The van der Waals surface area contributed by atoms with Crippen LogP contribution in [-0.2, 0) is 20.7 Å². The second-order valence-electron chi connectivity index (χ2n) is 5.71. The summed E-state index contributed by atoms with van der Waals surface area (Å²) in [6.45, 7) is 0.517. The summed E-state index contributed by atoms with van der Waals surface area (Å²) in [5.74, 6) is -2.35. The average molecular weight is 289 g/mol. The van der Waals surface area contributed by atoms with Gasteiger partial charge in [-0.1, -0.05) is 30.3 Å². The van der Waals surface area contributed by atoms with Gasteiger partial charge in [0.25, 0.3) is 0 Å². The molecule has 0 saturated carbocycles. The number of carboxylic acid groups (broad SMARTS) is 1. The van der Waals surface area contributed by atoms with Gasteiger partial charge in [0.15, 0.2) is 0 Å². The first kappa shape index (κ1) is 14.1. The lowest BCUT2D eigenvalue weighted by Crippen LogP contribution is -2.44. The third-order valence-electron chi connectivity index (χ3n) is 4.42. The Labute approximate surface area is 123 Å². The Balaban J connectivity index is 1.56. The zero-order valence-electron chi connectivity index (χ0n) is 11.7. The maximum absolute atomic E-state index is 12.3. The van der Waals surface area contributed by atoms with Crippen molar-refractivity contribution in [3.63, 3.8) is 0 Å². The standard InChI is InChI=1S/C16H19NO4/c18-15(17-9-8-10-4-2-1-3-5-10)13-11-6-7-12(21-11)14(13)16(19)20/h1-5,11-14H,6-9H2,(H,17,18)(H,19,20)/t11-,12-,13-,14-/m0/s1. The van der Waals surface area contributed by atoms with Crippen molar-refractivity contribution in [2.45, 2.75) is 31.5 Å². The number of fused-ring (bicyclic) bond motifs is 2. The molecule has 2 saturated heterocycles. The number of hydrogen-bond donors (Lipinski definition) is 2. The number of benzene rings is 1. The summed E-state index contributed by atoms with van der Waals surface area (Å²) in [5, 5.41) is 12.2. The minimum Gasteiger partial charge on any atom is -0.481 e. The number of rotatable bonds is 5. The van der Waals surface area contributed by atoms with Crippen LogP contribution in [0.15, 0.2) is 30.3 Å². The van der Waals surface area contributed by atoms with Gasteiger partial charge < -0.3 is 15.2 Å². The number of hydrogen-bond acceptors (Lipinski definition) is 3. The number of nitrogens with one attached hydrogen (secondary N) is 1. The van der Waals surface area contributed by atoms with Gasteiger partial charge in [-0.3, -0.25) is 9.59 Å². The molecule has 2 aliphatic rings. The topological polar surface area (TPSA) is 75.6 Å². The van der Waals surface area contributed by atoms with Crippen LogP contribution in [0, 0.1) is 11.8 Å². The molecule has 3 rings (SSSR count). The molecule has 5 heteroatoms. The average Bonchev–Trinajstić information content (AvgIpc) is 3.08. The van der Waals surface area contributed by atoms with Crippen LogP contribution in [0.4, 0.5) is 0 Å². The van der Waals surface area contributed by atoms with E-state index in [0.29, 0.717) is 6.54 Å². The lowest BCUT2D eigenvalue weighted by Gasteiger charge is -2.23. The number of carbonyl (C=O) groups is 2. The van der Waals surface area contributed by atoms with Gasteiger partial charge in [-0.25, -0.2) is 0 Å². The number of amides is 1. The maximum atomic E-state index is 12.3. The van der Waals surface area contributed by atoms with E-state index in [-0.39, 0.29) is 18.1 Å². The molecule has 1 aromatic carbocycles. The summed E-state index contributed by atoms with van der Waals surface area (Å²) in [6, 6.07) is 9.88. The van der Waals surface area contributed by atoms with E-state index in [2.05, 4.69) is 5.32 Å². The number of ether oxygens (including phenoxy) is 1. The zero-order chi connectivity index (χ0) is 14.8. The molecule has 0 aromatic heterocycles. The van der Waals surface area contributed by atoms with Gasteiger partial charge >= 0.3 is 5.97 Å². The van der Waals surface area contributed by atoms with Crippen LogP contribution in [-0.4, -0.2) is 35.7 Å². The molecule has 5 nitrogen and oxygen atoms in total. The molecule has 1 amide bonds. The molecule has 2 heterocycles. The second-order valence-corrected chi connectivity index (χ2v) is 5.71. The molecule has 0 radical (unpaired) electrons. The largest absolute Gasteiger partial charge is 0.481 e. The van der Waals surface area contributed by atoms with Crippen molar-refractivity contribution in [1.29, 1.82) is 0 Å². The van der Waals surface area contributed by atoms with E-state index in [1.54, 1.807) is 0 Å². The van der Waals surface area contributed by atoms with Gasteiger partial charge in [-0.05, 0) is 24.8 Å². The van der Waals surface area contributed by atoms with Gasteiger partial charge in [0.2, 0.25) is 5.91 Å². The molecule has 2 fully saturated rings. The normalized spacial score (nSPS) is 30.3. The van der Waals surface area contributed by atoms with E-state index in [1.807, 2.05) is 30.3 Å². The molecule has 0 spiro atoms. The van der Waals surface area contributed by atoms with Gasteiger partial charge in [0.05, 0.1) is 24.0 Å².